The van der Waals surface area contributed by atoms with Crippen molar-refractivity contribution in [3.05, 3.63) is 64.1 Å². The van der Waals surface area contributed by atoms with Gasteiger partial charge in [0.05, 0.1) is 0 Å². The topological polar surface area (TPSA) is 66.4 Å². The summed E-state index contributed by atoms with van der Waals surface area (Å²) >= 11 is 3.46. The first kappa shape index (κ1) is 16.7. The van der Waals surface area contributed by atoms with E-state index < -0.39 is 5.97 Å². The summed E-state index contributed by atoms with van der Waals surface area (Å²) < 4.78 is 1.03. The largest absolute Gasteiger partial charge is 0.481 e. The summed E-state index contributed by atoms with van der Waals surface area (Å²) in [6.07, 6.45) is 1.41. The fourth-order valence-corrected chi connectivity index (χ4v) is 3.30. The maximum absolute atomic E-state index is 12.4. The number of carboxylic acids is 1. The number of halogens is 1. The third-order valence-electron chi connectivity index (χ3n) is 4.23. The lowest BCUT2D eigenvalue weighted by Gasteiger charge is -2.07. The Balaban J connectivity index is 1.60. The number of hydrogen-bond acceptors (Lipinski definition) is 2. The molecule has 124 valence electrons. The molecular weight excluding hydrogens is 370 g/mol. The second kappa shape index (κ2) is 7.18. The summed E-state index contributed by atoms with van der Waals surface area (Å²) in [7, 11) is 0. The number of nitrogens with one attached hydrogen (secondary N) is 1. The van der Waals surface area contributed by atoms with Gasteiger partial charge >= 0.3 is 5.97 Å². The van der Waals surface area contributed by atoms with E-state index in [1.165, 1.54) is 5.56 Å². The van der Waals surface area contributed by atoms with E-state index in [0.29, 0.717) is 6.42 Å². The molecule has 0 saturated heterocycles. The zero-order valence-electron chi connectivity index (χ0n) is 13.0. The number of aliphatic carboxylic acids is 1. The Kier molecular flexibility index (Phi) is 5.00. The average Bonchev–Trinajstić information content (AvgIpc) is 3.34. The lowest BCUT2D eigenvalue weighted by atomic mass is 10.1. The molecule has 24 heavy (non-hydrogen) atoms. The van der Waals surface area contributed by atoms with Crippen LogP contribution in [0.2, 0.25) is 0 Å². The zero-order valence-corrected chi connectivity index (χ0v) is 14.6. The van der Waals surface area contributed by atoms with E-state index in [0.717, 1.165) is 22.1 Å². The molecule has 1 aliphatic carbocycles. The first-order valence-electron chi connectivity index (χ1n) is 7.90. The number of anilines is 1. The molecule has 0 aromatic heterocycles. The lowest BCUT2D eigenvalue weighted by Crippen LogP contribution is -2.14. The van der Waals surface area contributed by atoms with Crippen LogP contribution in [0.3, 0.4) is 0 Å². The van der Waals surface area contributed by atoms with Crippen LogP contribution in [-0.2, 0) is 16.0 Å². The molecule has 2 N–H and O–H groups in total. The molecule has 3 rings (SSSR count). The number of carboxylic acid groups (broad SMARTS) is 1. The molecule has 1 fully saturated rings. The van der Waals surface area contributed by atoms with Gasteiger partial charge < -0.3 is 10.4 Å². The van der Waals surface area contributed by atoms with Crippen molar-refractivity contribution in [2.45, 2.75) is 25.2 Å². The Labute approximate surface area is 149 Å². The number of rotatable bonds is 6. The van der Waals surface area contributed by atoms with Gasteiger partial charge in [-0.05, 0) is 54.2 Å². The van der Waals surface area contributed by atoms with Crippen molar-refractivity contribution < 1.29 is 14.7 Å². The molecule has 1 saturated carbocycles. The van der Waals surface area contributed by atoms with Gasteiger partial charge in [0.25, 0.3) is 0 Å². The van der Waals surface area contributed by atoms with Gasteiger partial charge in [0, 0.05) is 22.5 Å². The Morgan fingerprint density at radius 2 is 1.96 bits per heavy atom. The Hall–Kier alpha value is -2.14. The second-order valence-corrected chi connectivity index (χ2v) is 7.00. The molecule has 2 unspecified atom stereocenters. The maximum atomic E-state index is 12.4. The van der Waals surface area contributed by atoms with Gasteiger partial charge in [0.2, 0.25) is 5.91 Å². The van der Waals surface area contributed by atoms with Crippen LogP contribution in [0.25, 0.3) is 0 Å². The van der Waals surface area contributed by atoms with E-state index in [2.05, 4.69) is 33.4 Å². The monoisotopic (exact) mass is 387 g/mol. The average molecular weight is 388 g/mol. The van der Waals surface area contributed by atoms with Crippen molar-refractivity contribution in [1.29, 1.82) is 0 Å². The SMILES string of the molecule is O=C(O)CCc1cccc(NC(=O)C2CC2c2cccc(Br)c2)c1. The van der Waals surface area contributed by atoms with Crippen LogP contribution in [0.4, 0.5) is 5.69 Å². The van der Waals surface area contributed by atoms with E-state index >= 15 is 0 Å². The molecule has 2 aromatic carbocycles. The summed E-state index contributed by atoms with van der Waals surface area (Å²) in [6, 6.07) is 15.5. The maximum Gasteiger partial charge on any atom is 0.303 e. The second-order valence-electron chi connectivity index (χ2n) is 6.09. The van der Waals surface area contributed by atoms with Crippen LogP contribution in [0.1, 0.15) is 29.9 Å². The first-order valence-corrected chi connectivity index (χ1v) is 8.69. The Morgan fingerprint density at radius 1 is 1.17 bits per heavy atom. The highest BCUT2D eigenvalue weighted by Gasteiger charge is 2.43. The first-order chi connectivity index (χ1) is 11.5. The van der Waals surface area contributed by atoms with Crippen LogP contribution in [0.15, 0.2) is 53.0 Å². The standard InChI is InChI=1S/C19H18BrNO3/c20-14-5-2-4-13(10-14)16-11-17(16)19(24)21-15-6-1-3-12(9-15)7-8-18(22)23/h1-6,9-10,16-17H,7-8,11H2,(H,21,24)(H,22,23). The molecular formula is C19H18BrNO3. The van der Waals surface area contributed by atoms with Crippen molar-refractivity contribution >= 4 is 33.5 Å². The summed E-state index contributed by atoms with van der Waals surface area (Å²) in [5.41, 5.74) is 2.82. The Bertz CT molecular complexity index is 775. The minimum absolute atomic E-state index is 0.00183. The van der Waals surface area contributed by atoms with Crippen molar-refractivity contribution in [2.24, 2.45) is 5.92 Å². The molecule has 4 nitrogen and oxygen atoms in total. The summed E-state index contributed by atoms with van der Waals surface area (Å²) in [6.45, 7) is 0. The molecule has 0 radical (unpaired) electrons. The van der Waals surface area contributed by atoms with Crippen molar-refractivity contribution in [2.75, 3.05) is 5.32 Å². The number of carbonyl (C=O) groups excluding carboxylic acids is 1. The summed E-state index contributed by atoms with van der Waals surface area (Å²) in [5, 5.41) is 11.7. The molecule has 2 aromatic rings. The smallest absolute Gasteiger partial charge is 0.303 e. The molecule has 0 spiro atoms. The fraction of sp³-hybridized carbons (Fsp3) is 0.263. The van der Waals surface area contributed by atoms with E-state index in [1.54, 1.807) is 0 Å². The van der Waals surface area contributed by atoms with Crippen LogP contribution >= 0.6 is 15.9 Å². The fourth-order valence-electron chi connectivity index (χ4n) is 2.88. The molecule has 0 heterocycles. The normalized spacial score (nSPS) is 18.9. The van der Waals surface area contributed by atoms with E-state index in [9.17, 15) is 9.59 Å². The van der Waals surface area contributed by atoms with Gasteiger partial charge in [-0.15, -0.1) is 0 Å². The van der Waals surface area contributed by atoms with Crippen molar-refractivity contribution in [3.8, 4) is 0 Å². The van der Waals surface area contributed by atoms with Gasteiger partial charge in [-0.25, -0.2) is 0 Å². The van der Waals surface area contributed by atoms with Gasteiger partial charge in [-0.3, -0.25) is 9.59 Å². The quantitative estimate of drug-likeness (QED) is 0.779. The summed E-state index contributed by atoms with van der Waals surface area (Å²) in [4.78, 5) is 23.1. The molecule has 1 aliphatic rings. The number of carbonyl (C=O) groups is 2. The number of benzene rings is 2. The lowest BCUT2D eigenvalue weighted by molar-refractivity contribution is -0.137. The number of amides is 1. The minimum atomic E-state index is -0.820. The predicted molar refractivity (Wildman–Crippen MR) is 96.0 cm³/mol. The van der Waals surface area contributed by atoms with E-state index in [4.69, 9.17) is 5.11 Å². The number of aryl methyl sites for hydroxylation is 1. The number of hydrogen-bond donors (Lipinski definition) is 2. The van der Waals surface area contributed by atoms with Crippen molar-refractivity contribution in [1.82, 2.24) is 0 Å². The molecule has 2 atom stereocenters. The molecule has 0 bridgehead atoms. The van der Waals surface area contributed by atoms with Crippen molar-refractivity contribution in [3.63, 3.8) is 0 Å². The van der Waals surface area contributed by atoms with Crippen LogP contribution in [0.5, 0.6) is 0 Å². The molecule has 0 aliphatic heterocycles. The van der Waals surface area contributed by atoms with Crippen LogP contribution in [0, 0.1) is 5.92 Å². The molecule has 1 amide bonds. The highest BCUT2D eigenvalue weighted by molar-refractivity contribution is 9.10. The third-order valence-corrected chi connectivity index (χ3v) is 4.72. The highest BCUT2D eigenvalue weighted by Crippen LogP contribution is 2.48. The predicted octanol–water partition coefficient (Wildman–Crippen LogP) is 4.21. The van der Waals surface area contributed by atoms with Gasteiger partial charge in [-0.1, -0.05) is 40.2 Å². The summed E-state index contributed by atoms with van der Waals surface area (Å²) in [5.74, 6) is -0.519. The van der Waals surface area contributed by atoms with Gasteiger partial charge in [0.15, 0.2) is 0 Å². The molecule has 5 heteroatoms. The highest BCUT2D eigenvalue weighted by atomic mass is 79.9. The van der Waals surface area contributed by atoms with Crippen LogP contribution in [-0.4, -0.2) is 17.0 Å². The third kappa shape index (κ3) is 4.23. The van der Waals surface area contributed by atoms with Gasteiger partial charge in [0.1, 0.15) is 0 Å². The Morgan fingerprint density at radius 3 is 2.71 bits per heavy atom. The zero-order chi connectivity index (χ0) is 17.1. The van der Waals surface area contributed by atoms with E-state index in [1.807, 2.05) is 36.4 Å². The van der Waals surface area contributed by atoms with Gasteiger partial charge in [-0.2, -0.15) is 0 Å². The van der Waals surface area contributed by atoms with Crippen LogP contribution < -0.4 is 5.32 Å². The van der Waals surface area contributed by atoms with E-state index in [-0.39, 0.29) is 24.2 Å². The minimum Gasteiger partial charge on any atom is -0.481 e.